The van der Waals surface area contributed by atoms with Crippen LogP contribution in [0.1, 0.15) is 40.0 Å². The summed E-state index contributed by atoms with van der Waals surface area (Å²) in [6.45, 7) is 5.24. The Hall–Kier alpha value is -1.30. The van der Waals surface area contributed by atoms with Gasteiger partial charge in [0.05, 0.1) is 7.11 Å². The summed E-state index contributed by atoms with van der Waals surface area (Å²) in [4.78, 5) is 28.0. The zero-order chi connectivity index (χ0) is 13.8. The van der Waals surface area contributed by atoms with Crippen LogP contribution < -0.4 is 5.48 Å². The second-order valence-electron chi connectivity index (χ2n) is 5.36. The lowest BCUT2D eigenvalue weighted by Crippen LogP contribution is -2.43. The fraction of sp³-hybridized carbons (Fsp3) is 0.833. The molecule has 1 N–H and O–H groups in total. The topological polar surface area (TPSA) is 73.9 Å². The van der Waals surface area contributed by atoms with Crippen molar-refractivity contribution >= 4 is 12.1 Å². The molecule has 1 rings (SSSR count). The maximum absolute atomic E-state index is 11.5. The van der Waals surface area contributed by atoms with Gasteiger partial charge in [0, 0.05) is 0 Å². The van der Waals surface area contributed by atoms with Crippen LogP contribution in [-0.2, 0) is 19.1 Å². The molecule has 1 aliphatic carbocycles. The monoisotopic (exact) mass is 259 g/mol. The Kier molecular flexibility index (Phi) is 4.95. The molecule has 0 aromatic rings. The van der Waals surface area contributed by atoms with Crippen LogP contribution in [0.4, 0.5) is 4.79 Å². The minimum absolute atomic E-state index is 0.104. The number of amides is 1. The summed E-state index contributed by atoms with van der Waals surface area (Å²) >= 11 is 0. The van der Waals surface area contributed by atoms with Gasteiger partial charge in [-0.15, -0.1) is 0 Å². The Morgan fingerprint density at radius 2 is 1.89 bits per heavy atom. The average molecular weight is 259 g/mol. The molecule has 0 aliphatic heterocycles. The Balaban J connectivity index is 2.42. The van der Waals surface area contributed by atoms with Gasteiger partial charge in [0.2, 0.25) is 0 Å². The van der Waals surface area contributed by atoms with Crippen molar-refractivity contribution in [3.8, 4) is 0 Å². The zero-order valence-corrected chi connectivity index (χ0v) is 11.3. The van der Waals surface area contributed by atoms with Crippen LogP contribution in [0.3, 0.4) is 0 Å². The zero-order valence-electron chi connectivity index (χ0n) is 11.3. The van der Waals surface area contributed by atoms with Gasteiger partial charge in [-0.2, -0.15) is 5.48 Å². The second kappa shape index (κ2) is 6.04. The van der Waals surface area contributed by atoms with E-state index >= 15 is 0 Å². The van der Waals surface area contributed by atoms with E-state index < -0.39 is 23.8 Å². The lowest BCUT2D eigenvalue weighted by atomic mass is 9.81. The van der Waals surface area contributed by atoms with Crippen molar-refractivity contribution in [3.63, 3.8) is 0 Å². The van der Waals surface area contributed by atoms with Gasteiger partial charge in [-0.1, -0.05) is 6.42 Å². The maximum Gasteiger partial charge on any atom is 0.431 e. The summed E-state index contributed by atoms with van der Waals surface area (Å²) in [6, 6.07) is 0. The van der Waals surface area contributed by atoms with Crippen molar-refractivity contribution in [3.05, 3.63) is 0 Å². The van der Waals surface area contributed by atoms with Crippen molar-refractivity contribution in [1.82, 2.24) is 5.48 Å². The van der Waals surface area contributed by atoms with E-state index in [1.165, 1.54) is 7.11 Å². The number of hydroxylamine groups is 1. The van der Waals surface area contributed by atoms with Crippen LogP contribution in [0.15, 0.2) is 0 Å². The highest BCUT2D eigenvalue weighted by molar-refractivity contribution is 5.75. The number of carbonyl (C=O) groups is 2. The van der Waals surface area contributed by atoms with Gasteiger partial charge in [0.25, 0.3) is 0 Å². The number of carbonyl (C=O) groups excluding carboxylic acids is 2. The molecule has 1 unspecified atom stereocenters. The van der Waals surface area contributed by atoms with E-state index in [-0.39, 0.29) is 5.92 Å². The molecule has 104 valence electrons. The van der Waals surface area contributed by atoms with E-state index in [9.17, 15) is 9.59 Å². The third-order valence-corrected chi connectivity index (χ3v) is 2.68. The van der Waals surface area contributed by atoms with Gasteiger partial charge >= 0.3 is 12.1 Å². The number of esters is 1. The summed E-state index contributed by atoms with van der Waals surface area (Å²) in [7, 11) is 1.30. The van der Waals surface area contributed by atoms with Crippen molar-refractivity contribution in [2.75, 3.05) is 7.11 Å². The largest absolute Gasteiger partial charge is 0.467 e. The predicted octanol–water partition coefficient (Wildman–Crippen LogP) is 1.78. The molecule has 1 amide bonds. The van der Waals surface area contributed by atoms with E-state index in [1.54, 1.807) is 20.8 Å². The average Bonchev–Trinajstić information content (AvgIpc) is 2.17. The molecule has 0 spiro atoms. The van der Waals surface area contributed by atoms with Crippen LogP contribution >= 0.6 is 0 Å². The maximum atomic E-state index is 11.5. The van der Waals surface area contributed by atoms with Gasteiger partial charge < -0.3 is 9.47 Å². The van der Waals surface area contributed by atoms with Crippen molar-refractivity contribution in [1.29, 1.82) is 0 Å². The highest BCUT2D eigenvalue weighted by Gasteiger charge is 2.35. The van der Waals surface area contributed by atoms with E-state index in [0.29, 0.717) is 0 Å². The molecular formula is C12H21NO5. The molecule has 0 aromatic carbocycles. The molecule has 0 aromatic heterocycles. The Morgan fingerprint density at radius 1 is 1.28 bits per heavy atom. The van der Waals surface area contributed by atoms with Gasteiger partial charge in [-0.3, -0.25) is 4.84 Å². The lowest BCUT2D eigenvalue weighted by Gasteiger charge is -2.31. The summed E-state index contributed by atoms with van der Waals surface area (Å²) in [5.74, 6) is -0.372. The SMILES string of the molecule is COC(=O)C(ONC(=O)OC(C)(C)C)C1CCC1. The first-order valence-corrected chi connectivity index (χ1v) is 6.06. The molecule has 1 fully saturated rings. The lowest BCUT2D eigenvalue weighted by molar-refractivity contribution is -0.167. The number of hydrogen-bond donors (Lipinski definition) is 1. The minimum atomic E-state index is -0.753. The summed E-state index contributed by atoms with van der Waals surface area (Å²) in [5.41, 5.74) is 1.54. The number of methoxy groups -OCH3 is 1. The van der Waals surface area contributed by atoms with E-state index in [0.717, 1.165) is 19.3 Å². The molecule has 1 atom stereocenters. The standard InChI is InChI=1S/C12H21NO5/c1-12(2,3)17-11(15)13-18-9(10(14)16-4)8-6-5-7-8/h8-9H,5-7H2,1-4H3,(H,13,15). The Bertz CT molecular complexity index is 306. The molecule has 1 aliphatic rings. The summed E-state index contributed by atoms with van der Waals surface area (Å²) in [6.07, 6.45) is 1.39. The molecule has 18 heavy (non-hydrogen) atoms. The van der Waals surface area contributed by atoms with Gasteiger partial charge in [0.15, 0.2) is 6.10 Å². The first-order chi connectivity index (χ1) is 8.33. The molecule has 0 heterocycles. The highest BCUT2D eigenvalue weighted by Crippen LogP contribution is 2.31. The van der Waals surface area contributed by atoms with Crippen molar-refractivity contribution < 1.29 is 23.9 Å². The van der Waals surface area contributed by atoms with Crippen molar-refractivity contribution in [2.45, 2.75) is 51.7 Å². The van der Waals surface area contributed by atoms with Crippen LogP contribution in [0, 0.1) is 5.92 Å². The number of nitrogens with one attached hydrogen (secondary N) is 1. The first-order valence-electron chi connectivity index (χ1n) is 6.06. The van der Waals surface area contributed by atoms with Crippen LogP contribution in [-0.4, -0.2) is 30.9 Å². The molecule has 6 nitrogen and oxygen atoms in total. The number of hydrogen-bond acceptors (Lipinski definition) is 5. The third kappa shape index (κ3) is 4.52. The molecule has 0 bridgehead atoms. The Labute approximate surface area is 107 Å². The van der Waals surface area contributed by atoms with Crippen LogP contribution in [0.5, 0.6) is 0 Å². The fourth-order valence-electron chi connectivity index (χ4n) is 1.61. The summed E-state index contributed by atoms with van der Waals surface area (Å²) < 4.78 is 9.65. The number of ether oxygens (including phenoxy) is 2. The molecule has 0 saturated heterocycles. The highest BCUT2D eigenvalue weighted by atomic mass is 16.7. The molecule has 6 heteroatoms. The van der Waals surface area contributed by atoms with E-state index in [2.05, 4.69) is 10.2 Å². The van der Waals surface area contributed by atoms with E-state index in [1.807, 2.05) is 0 Å². The molecule has 0 radical (unpaired) electrons. The quantitative estimate of drug-likeness (QED) is 0.615. The predicted molar refractivity (Wildman–Crippen MR) is 63.6 cm³/mol. The van der Waals surface area contributed by atoms with Crippen LogP contribution in [0.2, 0.25) is 0 Å². The second-order valence-corrected chi connectivity index (χ2v) is 5.36. The fourth-order valence-corrected chi connectivity index (χ4v) is 1.61. The number of rotatable bonds is 4. The molecule has 1 saturated carbocycles. The third-order valence-electron chi connectivity index (χ3n) is 2.68. The summed E-state index contributed by atoms with van der Waals surface area (Å²) in [5, 5.41) is 0. The van der Waals surface area contributed by atoms with Gasteiger partial charge in [-0.05, 0) is 39.5 Å². The van der Waals surface area contributed by atoms with Crippen molar-refractivity contribution in [2.24, 2.45) is 5.92 Å². The van der Waals surface area contributed by atoms with E-state index in [4.69, 9.17) is 9.57 Å². The molecular weight excluding hydrogens is 238 g/mol. The van der Waals surface area contributed by atoms with Gasteiger partial charge in [-0.25, -0.2) is 9.59 Å². The van der Waals surface area contributed by atoms with Gasteiger partial charge in [0.1, 0.15) is 5.60 Å². The first kappa shape index (κ1) is 14.8. The smallest absolute Gasteiger partial charge is 0.431 e. The normalized spacial score (nSPS) is 17.6. The Morgan fingerprint density at radius 3 is 2.28 bits per heavy atom. The van der Waals surface area contributed by atoms with Crippen LogP contribution in [0.25, 0.3) is 0 Å². The minimum Gasteiger partial charge on any atom is -0.467 e.